The first kappa shape index (κ1) is 16.3. The number of amides is 1. The molecule has 24 heavy (non-hydrogen) atoms. The number of carbonyl (C=O) groups is 1. The Labute approximate surface area is 147 Å². The molecule has 2 atom stereocenters. The van der Waals surface area contributed by atoms with Gasteiger partial charge >= 0.3 is 0 Å². The van der Waals surface area contributed by atoms with Crippen LogP contribution in [0.25, 0.3) is 0 Å². The first-order chi connectivity index (χ1) is 11.6. The van der Waals surface area contributed by atoms with Gasteiger partial charge in [-0.2, -0.15) is 4.31 Å². The van der Waals surface area contributed by atoms with E-state index in [4.69, 9.17) is 0 Å². The molecule has 1 amide bonds. The Balaban J connectivity index is 1.57. The van der Waals surface area contributed by atoms with Crippen molar-refractivity contribution < 1.29 is 13.2 Å². The summed E-state index contributed by atoms with van der Waals surface area (Å²) in [5, 5.41) is 1.72. The van der Waals surface area contributed by atoms with Crippen LogP contribution >= 0.6 is 11.3 Å². The lowest BCUT2D eigenvalue weighted by molar-refractivity contribution is 0.0785. The Kier molecular flexibility index (Phi) is 4.26. The summed E-state index contributed by atoms with van der Waals surface area (Å²) in [5.74, 6) is 0.937. The molecule has 2 saturated heterocycles. The van der Waals surface area contributed by atoms with Gasteiger partial charge in [0, 0.05) is 26.2 Å². The van der Waals surface area contributed by atoms with Crippen LogP contribution in [0.2, 0.25) is 0 Å². The topological polar surface area (TPSA) is 57.7 Å². The van der Waals surface area contributed by atoms with Gasteiger partial charge in [0.05, 0.1) is 0 Å². The first-order valence-corrected chi connectivity index (χ1v) is 10.9. The van der Waals surface area contributed by atoms with Gasteiger partial charge in [0.2, 0.25) is 10.0 Å². The normalized spacial score (nSPS) is 27.6. The third kappa shape index (κ3) is 2.72. The van der Waals surface area contributed by atoms with Gasteiger partial charge in [-0.3, -0.25) is 4.79 Å². The molecule has 0 spiro atoms. The Hall–Kier alpha value is -1.18. The van der Waals surface area contributed by atoms with Crippen molar-refractivity contribution in [3.05, 3.63) is 28.5 Å². The minimum Gasteiger partial charge on any atom is -0.337 e. The van der Waals surface area contributed by atoms with Gasteiger partial charge in [0.25, 0.3) is 5.91 Å². The molecule has 3 aliphatic rings. The number of sulfonamides is 1. The van der Waals surface area contributed by atoms with E-state index in [0.717, 1.165) is 38.8 Å². The predicted octanol–water partition coefficient (Wildman–Crippen LogP) is 2.57. The molecule has 1 aromatic rings. The number of fused-ring (bicyclic) bond motifs is 1. The van der Waals surface area contributed by atoms with Gasteiger partial charge in [-0.25, -0.2) is 8.42 Å². The highest BCUT2D eigenvalue weighted by atomic mass is 32.2. The molecule has 0 saturated carbocycles. The zero-order chi connectivity index (χ0) is 16.7. The molecule has 0 unspecified atom stereocenters. The van der Waals surface area contributed by atoms with Crippen LogP contribution in [0.3, 0.4) is 0 Å². The van der Waals surface area contributed by atoms with Gasteiger partial charge in [-0.05, 0) is 49.0 Å². The third-order valence-corrected chi connectivity index (χ3v) is 8.39. The highest BCUT2D eigenvalue weighted by Crippen LogP contribution is 2.35. The molecular weight excluding hydrogens is 344 g/mol. The molecule has 7 heteroatoms. The molecule has 0 aromatic carbocycles. The number of hydrogen-bond donors (Lipinski definition) is 0. The van der Waals surface area contributed by atoms with Crippen LogP contribution in [0.4, 0.5) is 0 Å². The maximum absolute atomic E-state index is 13.0. The van der Waals surface area contributed by atoms with E-state index in [9.17, 15) is 13.2 Å². The minimum atomic E-state index is -3.54. The largest absolute Gasteiger partial charge is 0.337 e. The van der Waals surface area contributed by atoms with Crippen LogP contribution in [-0.2, 0) is 10.0 Å². The lowest BCUT2D eigenvalue weighted by atomic mass is 9.86. The molecule has 5 nitrogen and oxygen atoms in total. The van der Waals surface area contributed by atoms with Crippen molar-refractivity contribution in [2.75, 3.05) is 26.2 Å². The Morgan fingerprint density at radius 2 is 1.71 bits per heavy atom. The minimum absolute atomic E-state index is 0.114. The molecule has 130 valence electrons. The second-order valence-electron chi connectivity index (χ2n) is 6.90. The first-order valence-electron chi connectivity index (χ1n) is 8.59. The third-order valence-electron chi connectivity index (χ3n) is 5.41. The molecule has 2 fully saturated rings. The standard InChI is InChI=1S/C17H22N2O3S2/c20-17(18-11-13-5-1-2-6-14(13)12-18)16-15(7-10-23-16)24(21,22)19-8-3-4-9-19/h1-2,7,10,13-14H,3-6,8-9,11-12H2/t13-,14+. The summed E-state index contributed by atoms with van der Waals surface area (Å²) < 4.78 is 27.2. The molecule has 0 radical (unpaired) electrons. The fraction of sp³-hybridized carbons (Fsp3) is 0.588. The van der Waals surface area contributed by atoms with E-state index in [1.807, 2.05) is 4.90 Å². The zero-order valence-corrected chi connectivity index (χ0v) is 15.2. The van der Waals surface area contributed by atoms with Crippen LogP contribution < -0.4 is 0 Å². The van der Waals surface area contributed by atoms with Crippen molar-refractivity contribution in [3.63, 3.8) is 0 Å². The van der Waals surface area contributed by atoms with Crippen LogP contribution in [0.15, 0.2) is 28.5 Å². The monoisotopic (exact) mass is 366 g/mol. The van der Waals surface area contributed by atoms with Crippen molar-refractivity contribution in [1.82, 2.24) is 9.21 Å². The number of carbonyl (C=O) groups excluding carboxylic acids is 1. The number of hydrogen-bond acceptors (Lipinski definition) is 4. The van der Waals surface area contributed by atoms with Gasteiger partial charge < -0.3 is 4.90 Å². The SMILES string of the molecule is O=C(c1sccc1S(=O)(=O)N1CCCC1)N1C[C@H]2CC=CC[C@H]2C1. The van der Waals surface area contributed by atoms with E-state index in [1.54, 1.807) is 11.4 Å². The van der Waals surface area contributed by atoms with E-state index < -0.39 is 10.0 Å². The summed E-state index contributed by atoms with van der Waals surface area (Å²) in [7, 11) is -3.54. The molecule has 4 rings (SSSR count). The second kappa shape index (κ2) is 6.28. The quantitative estimate of drug-likeness (QED) is 0.773. The molecule has 0 N–H and O–H groups in total. The fourth-order valence-corrected chi connectivity index (χ4v) is 6.93. The van der Waals surface area contributed by atoms with E-state index in [-0.39, 0.29) is 10.8 Å². The lowest BCUT2D eigenvalue weighted by Crippen LogP contribution is -2.32. The summed E-state index contributed by atoms with van der Waals surface area (Å²) in [6, 6.07) is 1.59. The van der Waals surface area contributed by atoms with Gasteiger partial charge in [-0.1, -0.05) is 12.2 Å². The number of rotatable bonds is 3. The van der Waals surface area contributed by atoms with Crippen LogP contribution in [0.1, 0.15) is 35.4 Å². The molecule has 1 aliphatic carbocycles. The summed E-state index contributed by atoms with van der Waals surface area (Å²) >= 11 is 1.25. The van der Waals surface area contributed by atoms with E-state index in [0.29, 0.717) is 29.8 Å². The van der Waals surface area contributed by atoms with Gasteiger partial charge in [0.15, 0.2) is 0 Å². The van der Waals surface area contributed by atoms with Gasteiger partial charge in [-0.15, -0.1) is 11.3 Å². The Morgan fingerprint density at radius 3 is 2.33 bits per heavy atom. The second-order valence-corrected chi connectivity index (χ2v) is 9.72. The predicted molar refractivity (Wildman–Crippen MR) is 93.6 cm³/mol. The summed E-state index contributed by atoms with van der Waals surface area (Å²) in [6.45, 7) is 2.61. The summed E-state index contributed by atoms with van der Waals surface area (Å²) in [6.07, 6.45) is 8.24. The highest BCUT2D eigenvalue weighted by Gasteiger charge is 2.38. The maximum atomic E-state index is 13.0. The Bertz CT molecular complexity index is 747. The van der Waals surface area contributed by atoms with Crippen molar-refractivity contribution in [2.24, 2.45) is 11.8 Å². The molecular formula is C17H22N2O3S2. The van der Waals surface area contributed by atoms with Crippen LogP contribution in [0.5, 0.6) is 0 Å². The van der Waals surface area contributed by atoms with E-state index >= 15 is 0 Å². The molecule has 3 heterocycles. The van der Waals surface area contributed by atoms with Crippen molar-refractivity contribution in [1.29, 1.82) is 0 Å². The molecule has 2 aliphatic heterocycles. The number of thiophene rings is 1. The van der Waals surface area contributed by atoms with Crippen molar-refractivity contribution in [2.45, 2.75) is 30.6 Å². The Morgan fingerprint density at radius 1 is 1.08 bits per heavy atom. The van der Waals surface area contributed by atoms with Crippen LogP contribution in [0, 0.1) is 11.8 Å². The number of nitrogens with zero attached hydrogens (tertiary/aromatic N) is 2. The zero-order valence-electron chi connectivity index (χ0n) is 13.6. The maximum Gasteiger partial charge on any atom is 0.265 e. The van der Waals surface area contributed by atoms with E-state index in [1.165, 1.54) is 15.6 Å². The van der Waals surface area contributed by atoms with Crippen molar-refractivity contribution >= 4 is 27.3 Å². The number of likely N-dealkylation sites (tertiary alicyclic amines) is 1. The van der Waals surface area contributed by atoms with Gasteiger partial charge in [0.1, 0.15) is 9.77 Å². The van der Waals surface area contributed by atoms with Crippen molar-refractivity contribution in [3.8, 4) is 0 Å². The van der Waals surface area contributed by atoms with E-state index in [2.05, 4.69) is 12.2 Å². The molecule has 0 bridgehead atoms. The number of allylic oxidation sites excluding steroid dienone is 2. The highest BCUT2D eigenvalue weighted by molar-refractivity contribution is 7.89. The van der Waals surface area contributed by atoms with Crippen LogP contribution in [-0.4, -0.2) is 49.7 Å². The summed E-state index contributed by atoms with van der Waals surface area (Å²) in [5.41, 5.74) is 0. The average molecular weight is 367 g/mol. The smallest absolute Gasteiger partial charge is 0.265 e. The molecule has 1 aromatic heterocycles. The fourth-order valence-electron chi connectivity index (χ4n) is 4.05. The average Bonchev–Trinajstić information content (AvgIpc) is 3.33. The summed E-state index contributed by atoms with van der Waals surface area (Å²) in [4.78, 5) is 15.4. The lowest BCUT2D eigenvalue weighted by Gasteiger charge is -2.19.